The summed E-state index contributed by atoms with van der Waals surface area (Å²) in [5.41, 5.74) is 3.19. The molecule has 3 aromatic rings. The Morgan fingerprint density at radius 2 is 1.61 bits per heavy atom. The lowest BCUT2D eigenvalue weighted by Gasteiger charge is -2.12. The molecule has 0 aliphatic carbocycles. The lowest BCUT2D eigenvalue weighted by molar-refractivity contribution is 0.0698. The molecular formula is C19H15NO3. The van der Waals surface area contributed by atoms with E-state index in [0.29, 0.717) is 11.4 Å². The van der Waals surface area contributed by atoms with Crippen LogP contribution in [0.5, 0.6) is 5.75 Å². The van der Waals surface area contributed by atoms with Crippen LogP contribution in [0.4, 0.5) is 11.4 Å². The van der Waals surface area contributed by atoms with Gasteiger partial charge in [-0.3, -0.25) is 0 Å². The minimum Gasteiger partial charge on any atom is -0.508 e. The summed E-state index contributed by atoms with van der Waals surface area (Å²) in [6.45, 7) is 0. The highest BCUT2D eigenvalue weighted by Gasteiger charge is 2.12. The lowest BCUT2D eigenvalue weighted by Crippen LogP contribution is -2.03. The van der Waals surface area contributed by atoms with Crippen molar-refractivity contribution in [2.75, 3.05) is 5.32 Å². The molecule has 0 atom stereocenters. The van der Waals surface area contributed by atoms with Gasteiger partial charge in [-0.25, -0.2) is 4.79 Å². The van der Waals surface area contributed by atoms with Gasteiger partial charge in [-0.1, -0.05) is 42.5 Å². The van der Waals surface area contributed by atoms with Crippen molar-refractivity contribution in [2.45, 2.75) is 0 Å². The fourth-order valence-corrected chi connectivity index (χ4v) is 2.38. The summed E-state index contributed by atoms with van der Waals surface area (Å²) in [6, 6.07) is 21.4. The van der Waals surface area contributed by atoms with Gasteiger partial charge < -0.3 is 15.5 Å². The second-order valence-corrected chi connectivity index (χ2v) is 5.11. The fraction of sp³-hybridized carbons (Fsp3) is 0. The minimum atomic E-state index is -1.01. The molecule has 0 unspecified atom stereocenters. The van der Waals surface area contributed by atoms with Gasteiger partial charge in [-0.2, -0.15) is 0 Å². The van der Waals surface area contributed by atoms with E-state index < -0.39 is 5.97 Å². The molecule has 0 aliphatic rings. The van der Waals surface area contributed by atoms with Crippen molar-refractivity contribution in [3.8, 4) is 16.9 Å². The molecule has 0 heterocycles. The Morgan fingerprint density at radius 1 is 0.826 bits per heavy atom. The number of rotatable bonds is 4. The molecule has 0 spiro atoms. The van der Waals surface area contributed by atoms with E-state index >= 15 is 0 Å². The van der Waals surface area contributed by atoms with Crippen LogP contribution in [0.3, 0.4) is 0 Å². The summed E-state index contributed by atoms with van der Waals surface area (Å²) in [6.07, 6.45) is 0. The Balaban J connectivity index is 2.04. The molecule has 3 aromatic carbocycles. The third-order valence-electron chi connectivity index (χ3n) is 3.48. The third kappa shape index (κ3) is 3.32. The number of carboxylic acids is 1. The first-order valence-corrected chi connectivity index (χ1v) is 7.12. The van der Waals surface area contributed by atoms with Crippen LogP contribution < -0.4 is 5.32 Å². The van der Waals surface area contributed by atoms with E-state index in [0.717, 1.165) is 11.1 Å². The number of phenols is 1. The molecule has 3 rings (SSSR count). The quantitative estimate of drug-likeness (QED) is 0.663. The van der Waals surface area contributed by atoms with Crippen LogP contribution in [0.15, 0.2) is 72.8 Å². The first-order chi connectivity index (χ1) is 11.1. The number of hydrogen-bond donors (Lipinski definition) is 3. The van der Waals surface area contributed by atoms with Crippen molar-refractivity contribution in [3.05, 3.63) is 78.4 Å². The van der Waals surface area contributed by atoms with Gasteiger partial charge in [0.05, 0.1) is 11.3 Å². The zero-order valence-corrected chi connectivity index (χ0v) is 12.2. The van der Waals surface area contributed by atoms with Gasteiger partial charge in [0.25, 0.3) is 0 Å². The monoisotopic (exact) mass is 305 g/mol. The molecule has 0 amide bonds. The maximum atomic E-state index is 11.4. The van der Waals surface area contributed by atoms with Gasteiger partial charge in [0.2, 0.25) is 0 Å². The van der Waals surface area contributed by atoms with Crippen LogP contribution in [0.25, 0.3) is 11.1 Å². The number of carbonyl (C=O) groups is 1. The number of anilines is 2. The molecule has 0 saturated carbocycles. The van der Waals surface area contributed by atoms with E-state index in [4.69, 9.17) is 0 Å². The van der Waals surface area contributed by atoms with Crippen molar-refractivity contribution in [1.29, 1.82) is 0 Å². The van der Waals surface area contributed by atoms with Crippen molar-refractivity contribution in [2.24, 2.45) is 0 Å². The molecule has 0 fully saturated rings. The van der Waals surface area contributed by atoms with Gasteiger partial charge in [0, 0.05) is 11.8 Å². The maximum Gasteiger partial charge on any atom is 0.337 e. The van der Waals surface area contributed by atoms with Gasteiger partial charge in [-0.05, 0) is 35.4 Å². The van der Waals surface area contributed by atoms with Crippen LogP contribution >= 0.6 is 0 Å². The second kappa shape index (κ2) is 6.23. The molecule has 23 heavy (non-hydrogen) atoms. The summed E-state index contributed by atoms with van der Waals surface area (Å²) in [5.74, 6) is -0.890. The predicted molar refractivity (Wildman–Crippen MR) is 90.2 cm³/mol. The zero-order chi connectivity index (χ0) is 16.2. The Bertz CT molecular complexity index is 844. The number of benzene rings is 3. The number of carboxylic acid groups (broad SMARTS) is 1. The highest BCUT2D eigenvalue weighted by molar-refractivity contribution is 5.96. The van der Waals surface area contributed by atoms with Gasteiger partial charge in [0.15, 0.2) is 0 Å². The number of aromatic carboxylic acids is 1. The van der Waals surface area contributed by atoms with Crippen LogP contribution in [-0.4, -0.2) is 16.2 Å². The molecule has 3 N–H and O–H groups in total. The Hall–Kier alpha value is -3.27. The highest BCUT2D eigenvalue weighted by Crippen LogP contribution is 2.29. The summed E-state index contributed by atoms with van der Waals surface area (Å²) in [5, 5.41) is 22.0. The average molecular weight is 305 g/mol. The van der Waals surface area contributed by atoms with Crippen molar-refractivity contribution in [3.63, 3.8) is 0 Å². The molecule has 0 aromatic heterocycles. The van der Waals surface area contributed by atoms with Crippen LogP contribution in [0.1, 0.15) is 10.4 Å². The third-order valence-corrected chi connectivity index (χ3v) is 3.48. The molecule has 0 radical (unpaired) electrons. The predicted octanol–water partition coefficient (Wildman–Crippen LogP) is 4.50. The Morgan fingerprint density at radius 3 is 2.30 bits per heavy atom. The average Bonchev–Trinajstić information content (AvgIpc) is 2.55. The lowest BCUT2D eigenvalue weighted by atomic mass is 10.0. The molecule has 114 valence electrons. The first-order valence-electron chi connectivity index (χ1n) is 7.12. The van der Waals surface area contributed by atoms with Crippen molar-refractivity contribution in [1.82, 2.24) is 0 Å². The number of aromatic hydroxyl groups is 1. The van der Waals surface area contributed by atoms with E-state index in [1.165, 1.54) is 0 Å². The first kappa shape index (κ1) is 14.7. The van der Waals surface area contributed by atoms with Crippen LogP contribution in [-0.2, 0) is 0 Å². The summed E-state index contributed by atoms with van der Waals surface area (Å²) >= 11 is 0. The molecule has 4 nitrogen and oxygen atoms in total. The summed E-state index contributed by atoms with van der Waals surface area (Å²) in [7, 11) is 0. The van der Waals surface area contributed by atoms with Crippen LogP contribution in [0, 0.1) is 0 Å². The molecule has 0 saturated heterocycles. The SMILES string of the molecule is O=C(O)c1ccc(-c2ccccc2)cc1Nc1cccc(O)c1. The smallest absolute Gasteiger partial charge is 0.337 e. The highest BCUT2D eigenvalue weighted by atomic mass is 16.4. The number of phenolic OH excluding ortho intramolecular Hbond substituents is 1. The molecule has 0 aliphatic heterocycles. The van der Waals surface area contributed by atoms with E-state index in [-0.39, 0.29) is 11.3 Å². The van der Waals surface area contributed by atoms with E-state index in [9.17, 15) is 15.0 Å². The minimum absolute atomic E-state index is 0.117. The van der Waals surface area contributed by atoms with Gasteiger partial charge in [-0.15, -0.1) is 0 Å². The molecular weight excluding hydrogens is 290 g/mol. The molecule has 0 bridgehead atoms. The largest absolute Gasteiger partial charge is 0.508 e. The van der Waals surface area contributed by atoms with Crippen LogP contribution in [0.2, 0.25) is 0 Å². The Kier molecular flexibility index (Phi) is 3.97. The Labute approximate surface area is 133 Å². The van der Waals surface area contributed by atoms with Gasteiger partial charge in [0.1, 0.15) is 5.75 Å². The van der Waals surface area contributed by atoms with E-state index in [2.05, 4.69) is 5.32 Å². The number of hydrogen-bond acceptors (Lipinski definition) is 3. The van der Waals surface area contributed by atoms with Gasteiger partial charge >= 0.3 is 5.97 Å². The summed E-state index contributed by atoms with van der Waals surface area (Å²) < 4.78 is 0. The van der Waals surface area contributed by atoms with E-state index in [1.54, 1.807) is 42.5 Å². The normalized spacial score (nSPS) is 10.3. The maximum absolute atomic E-state index is 11.4. The molecule has 4 heteroatoms. The zero-order valence-electron chi connectivity index (χ0n) is 12.2. The topological polar surface area (TPSA) is 69.6 Å². The fourth-order valence-electron chi connectivity index (χ4n) is 2.38. The standard InChI is InChI=1S/C19H15NO3/c21-16-8-4-7-15(12-16)20-18-11-14(9-10-17(18)19(22)23)13-5-2-1-3-6-13/h1-12,20-21H,(H,22,23). The van der Waals surface area contributed by atoms with E-state index in [1.807, 2.05) is 30.3 Å². The van der Waals surface area contributed by atoms with Crippen molar-refractivity contribution >= 4 is 17.3 Å². The summed E-state index contributed by atoms with van der Waals surface area (Å²) in [4.78, 5) is 11.4. The number of nitrogens with one attached hydrogen (secondary N) is 1. The van der Waals surface area contributed by atoms with Crippen molar-refractivity contribution < 1.29 is 15.0 Å². The second-order valence-electron chi connectivity index (χ2n) is 5.11.